The lowest BCUT2D eigenvalue weighted by molar-refractivity contribution is -0.169. The lowest BCUT2D eigenvalue weighted by Crippen LogP contribution is -2.29. The Morgan fingerprint density at radius 3 is 2.29 bits per heavy atom. The smallest absolute Gasteiger partial charge is 0.356 e. The molecule has 4 nitrogen and oxygen atoms in total. The molecule has 0 bridgehead atoms. The van der Waals surface area contributed by atoms with Gasteiger partial charge in [0, 0.05) is 6.04 Å². The molecule has 0 heterocycles. The van der Waals surface area contributed by atoms with Crippen molar-refractivity contribution in [3.63, 3.8) is 0 Å². The van der Waals surface area contributed by atoms with Crippen LogP contribution in [0.2, 0.25) is 0 Å². The van der Waals surface area contributed by atoms with E-state index in [2.05, 4.69) is 4.74 Å². The highest BCUT2D eigenvalue weighted by Gasteiger charge is 2.28. The van der Waals surface area contributed by atoms with Gasteiger partial charge in [-0.1, -0.05) is 0 Å². The summed E-state index contributed by atoms with van der Waals surface area (Å²) in [4.78, 5) is 0. The van der Waals surface area contributed by atoms with Gasteiger partial charge in [0.25, 0.3) is 0 Å². The highest BCUT2D eigenvalue weighted by molar-refractivity contribution is 7.91. The van der Waals surface area contributed by atoms with Gasteiger partial charge in [-0.3, -0.25) is 0 Å². The van der Waals surface area contributed by atoms with Crippen molar-refractivity contribution in [3.05, 3.63) is 0 Å². The summed E-state index contributed by atoms with van der Waals surface area (Å²) >= 11 is 0. The molecule has 8 heteroatoms. The predicted octanol–water partition coefficient (Wildman–Crippen LogP) is 0.285. The van der Waals surface area contributed by atoms with E-state index >= 15 is 0 Å². The van der Waals surface area contributed by atoms with Gasteiger partial charge in [-0.25, -0.2) is 8.42 Å². The van der Waals surface area contributed by atoms with E-state index in [1.54, 1.807) is 0 Å². The normalized spacial score (nSPS) is 15.5. The summed E-state index contributed by atoms with van der Waals surface area (Å²) < 4.78 is 60.6. The fourth-order valence-corrected chi connectivity index (χ4v) is 1.97. The molecule has 0 fully saturated rings. The second-order valence-electron chi connectivity index (χ2n) is 2.97. The van der Waals surface area contributed by atoms with Gasteiger partial charge >= 0.3 is 6.18 Å². The number of sulfone groups is 1. The van der Waals surface area contributed by atoms with E-state index in [4.69, 9.17) is 5.73 Å². The Balaban J connectivity index is 3.90. The molecular weight excluding hydrogens is 223 g/mol. The largest absolute Gasteiger partial charge is 0.411 e. The lowest BCUT2D eigenvalue weighted by atomic mass is 10.4. The molecule has 0 rings (SSSR count). The fourth-order valence-electron chi connectivity index (χ4n) is 0.733. The van der Waals surface area contributed by atoms with Crippen LogP contribution >= 0.6 is 0 Å². The SMILES string of the molecule is CC(N)CS(=O)(=O)COCC(F)(F)F. The molecule has 0 amide bonds. The highest BCUT2D eigenvalue weighted by Crippen LogP contribution is 2.14. The molecule has 0 radical (unpaired) electrons. The van der Waals surface area contributed by atoms with Gasteiger partial charge < -0.3 is 10.5 Å². The highest BCUT2D eigenvalue weighted by atomic mass is 32.2. The molecule has 1 unspecified atom stereocenters. The Hall–Kier alpha value is -0.340. The molecule has 0 aromatic rings. The molecule has 0 aliphatic rings. The van der Waals surface area contributed by atoms with Gasteiger partial charge in [-0.2, -0.15) is 13.2 Å². The number of hydrogen-bond donors (Lipinski definition) is 1. The van der Waals surface area contributed by atoms with Crippen molar-refractivity contribution < 1.29 is 26.3 Å². The first-order valence-corrected chi connectivity index (χ1v) is 5.55. The van der Waals surface area contributed by atoms with Crippen LogP contribution < -0.4 is 5.73 Å². The molecule has 0 aromatic heterocycles. The third-order valence-electron chi connectivity index (χ3n) is 1.05. The molecular formula is C6H12F3NO3S. The van der Waals surface area contributed by atoms with E-state index in [0.717, 1.165) is 0 Å². The number of nitrogens with two attached hydrogens (primary N) is 1. The second-order valence-corrected chi connectivity index (χ2v) is 5.03. The van der Waals surface area contributed by atoms with Crippen molar-refractivity contribution in [1.29, 1.82) is 0 Å². The summed E-state index contributed by atoms with van der Waals surface area (Å²) in [5.41, 5.74) is 5.18. The zero-order chi connectivity index (χ0) is 11.4. The van der Waals surface area contributed by atoms with Gasteiger partial charge in [0.15, 0.2) is 9.84 Å². The van der Waals surface area contributed by atoms with E-state index in [9.17, 15) is 21.6 Å². The number of halogens is 3. The second kappa shape index (κ2) is 4.94. The number of rotatable bonds is 5. The molecule has 0 aliphatic heterocycles. The quantitative estimate of drug-likeness (QED) is 0.743. The Morgan fingerprint density at radius 1 is 1.43 bits per heavy atom. The van der Waals surface area contributed by atoms with Crippen molar-refractivity contribution in [2.45, 2.75) is 19.1 Å². The van der Waals surface area contributed by atoms with Gasteiger partial charge in [0.2, 0.25) is 0 Å². The molecule has 0 saturated heterocycles. The molecule has 1 atom stereocenters. The minimum absolute atomic E-state index is 0.384. The van der Waals surface area contributed by atoms with Crippen molar-refractivity contribution >= 4 is 9.84 Å². The standard InChI is InChI=1S/C6H12F3NO3S/c1-5(10)2-14(11,12)4-13-3-6(7,8)9/h5H,2-4,10H2,1H3. The summed E-state index contributed by atoms with van der Waals surface area (Å²) in [5, 5.41) is 0. The third kappa shape index (κ3) is 8.27. The van der Waals surface area contributed by atoms with E-state index in [0.29, 0.717) is 0 Å². The summed E-state index contributed by atoms with van der Waals surface area (Å²) in [7, 11) is -3.65. The summed E-state index contributed by atoms with van der Waals surface area (Å²) in [6.45, 7) is -0.119. The first kappa shape index (κ1) is 13.7. The molecule has 0 saturated carbocycles. The zero-order valence-corrected chi connectivity index (χ0v) is 8.36. The predicted molar refractivity (Wildman–Crippen MR) is 44.3 cm³/mol. The fraction of sp³-hybridized carbons (Fsp3) is 1.00. The molecule has 0 aromatic carbocycles. The Labute approximate surface area is 80.1 Å². The monoisotopic (exact) mass is 235 g/mol. The van der Waals surface area contributed by atoms with Crippen LogP contribution in [0, 0.1) is 0 Å². The van der Waals surface area contributed by atoms with Crippen LogP contribution in [0.4, 0.5) is 13.2 Å². The van der Waals surface area contributed by atoms with Crippen LogP contribution in [0.3, 0.4) is 0 Å². The van der Waals surface area contributed by atoms with E-state index < -0.39 is 34.6 Å². The number of hydrogen-bond acceptors (Lipinski definition) is 4. The zero-order valence-electron chi connectivity index (χ0n) is 7.54. The topological polar surface area (TPSA) is 69.4 Å². The third-order valence-corrected chi connectivity index (χ3v) is 2.60. The van der Waals surface area contributed by atoms with Crippen molar-refractivity contribution in [3.8, 4) is 0 Å². The maximum Gasteiger partial charge on any atom is 0.411 e. The lowest BCUT2D eigenvalue weighted by Gasteiger charge is -2.09. The number of ether oxygens (including phenoxy) is 1. The molecule has 2 N–H and O–H groups in total. The van der Waals surface area contributed by atoms with Gasteiger partial charge in [-0.05, 0) is 6.92 Å². The van der Waals surface area contributed by atoms with Crippen molar-refractivity contribution in [1.82, 2.24) is 0 Å². The first-order valence-electron chi connectivity index (χ1n) is 3.73. The summed E-state index contributed by atoms with van der Waals surface area (Å²) in [5.74, 6) is -1.33. The van der Waals surface area contributed by atoms with E-state index in [1.807, 2.05) is 0 Å². The summed E-state index contributed by atoms with van der Waals surface area (Å²) in [6, 6.07) is -0.616. The maximum atomic E-state index is 11.5. The minimum atomic E-state index is -4.51. The maximum absolute atomic E-state index is 11.5. The minimum Gasteiger partial charge on any atom is -0.356 e. The average Bonchev–Trinajstić information content (AvgIpc) is 1.78. The van der Waals surface area contributed by atoms with Crippen LogP contribution in [-0.4, -0.2) is 38.9 Å². The van der Waals surface area contributed by atoms with Crippen molar-refractivity contribution in [2.75, 3.05) is 18.3 Å². The molecule has 0 aliphatic carbocycles. The van der Waals surface area contributed by atoms with Gasteiger partial charge in [0.05, 0.1) is 5.75 Å². The van der Waals surface area contributed by atoms with Gasteiger partial charge in [-0.15, -0.1) is 0 Å². The average molecular weight is 235 g/mol. The van der Waals surface area contributed by atoms with Crippen LogP contribution in [0.1, 0.15) is 6.92 Å². The van der Waals surface area contributed by atoms with E-state index in [-0.39, 0.29) is 5.75 Å². The van der Waals surface area contributed by atoms with Crippen LogP contribution in [-0.2, 0) is 14.6 Å². The van der Waals surface area contributed by atoms with Crippen LogP contribution in [0.15, 0.2) is 0 Å². The first-order chi connectivity index (χ1) is 6.12. The number of alkyl halides is 3. The Bertz CT molecular complexity index is 260. The molecule has 0 spiro atoms. The molecule has 14 heavy (non-hydrogen) atoms. The van der Waals surface area contributed by atoms with Gasteiger partial charge in [0.1, 0.15) is 12.5 Å². The Morgan fingerprint density at radius 2 is 1.93 bits per heavy atom. The van der Waals surface area contributed by atoms with E-state index in [1.165, 1.54) is 6.92 Å². The molecule has 86 valence electrons. The van der Waals surface area contributed by atoms with Crippen LogP contribution in [0.5, 0.6) is 0 Å². The van der Waals surface area contributed by atoms with Crippen molar-refractivity contribution in [2.24, 2.45) is 5.73 Å². The van der Waals surface area contributed by atoms with Crippen LogP contribution in [0.25, 0.3) is 0 Å². The Kier molecular flexibility index (Phi) is 4.82. The summed E-state index contributed by atoms with van der Waals surface area (Å²) in [6.07, 6.45) is -4.51.